The van der Waals surface area contributed by atoms with Crippen LogP contribution in [0.3, 0.4) is 0 Å². The van der Waals surface area contributed by atoms with Gasteiger partial charge in [-0.3, -0.25) is 0 Å². The zero-order valence-electron chi connectivity index (χ0n) is 77.3. The maximum atomic E-state index is 12.1. The van der Waals surface area contributed by atoms with E-state index in [-0.39, 0.29) is 18.8 Å². The third-order valence-corrected chi connectivity index (χ3v) is 31.3. The highest BCUT2D eigenvalue weighted by atomic mass is 19.3. The molecule has 14 aliphatic rings. The lowest BCUT2D eigenvalue weighted by molar-refractivity contribution is -0.122. The van der Waals surface area contributed by atoms with E-state index in [1.165, 1.54) is 185 Å². The molecule has 0 aromatic heterocycles. The van der Waals surface area contributed by atoms with Crippen LogP contribution in [0.4, 0.5) is 8.78 Å². The maximum Gasteiger partial charge on any atom is 0.248 e. The van der Waals surface area contributed by atoms with Gasteiger partial charge in [0.05, 0.1) is 6.07 Å². The number of allylic oxidation sites excluding steroid dienone is 1. The monoisotopic (exact) mass is 1510 g/mol. The summed E-state index contributed by atoms with van der Waals surface area (Å²) in [6.45, 7) is 77.7. The van der Waals surface area contributed by atoms with Gasteiger partial charge in [0.15, 0.2) is 0 Å². The van der Waals surface area contributed by atoms with Crippen LogP contribution in [0.15, 0.2) is 12.2 Å². The molecule has 0 aliphatic heterocycles. The summed E-state index contributed by atoms with van der Waals surface area (Å²) < 4.78 is 24.3. The number of alkyl halides is 2. The van der Waals surface area contributed by atoms with E-state index in [2.05, 4.69) is 189 Å². The standard InChI is InChI=1S/C13H22.C13H24.2C11H22.C10H17N.C9H15N.C8H13N.C8H16.C7H12F2.C7H14.C6H12/c1-9(2)13-6-10-3-11(7-13)5-12(4-10)8-13;1-10(2)9-12-7-5-6-8-13(12)11(3)4;1-8(2)11-9(3)6-5-7-10(11)4;1-4-10-7-5-6-8-11(10)9(2)3;1-8(2)10-6-4-3-5-9(10)7-11;1-7(2)8-5-4-6-9(8)10-3;1-6(2)7-4-5-8(7)9-3;1-7(2)8-5-3-4-6-8;1-5(2)6-3-7(8,9)4-6;1-6(2)7-4-3-5-7;1-5(2)6-3-4-6/h9-12H,3-8H2,1-2H3;11-13H,1,5-9H2,2-4H3;8-11H,5-7H2,1-4H3;9-11H,4-8H2,1-3H3;8-10H,3-6H2,1-2H3;7-9H,4-6H2,1-2H3;6-8H,4-5H2,1-2H3;7-8H,3-6H2,1-2H3;5-6H,3-4H2,1-2H3;6-7H,3-5H2,1-2H3;5-6H,3-4H2,1-2H3. The molecule has 0 amide bonds. The van der Waals surface area contributed by atoms with Crippen molar-refractivity contribution >= 4 is 0 Å². The molecule has 0 aromatic rings. The number of hydrogen-bond donors (Lipinski definition) is 0. The van der Waals surface area contributed by atoms with Gasteiger partial charge >= 0.3 is 0 Å². The highest BCUT2D eigenvalue weighted by Gasteiger charge is 2.52. The van der Waals surface area contributed by atoms with E-state index in [4.69, 9.17) is 18.4 Å². The van der Waals surface area contributed by atoms with Gasteiger partial charge in [0.25, 0.3) is 0 Å². The molecule has 12 atom stereocenters. The second-order valence-electron chi connectivity index (χ2n) is 43.3. The lowest BCUT2D eigenvalue weighted by Gasteiger charge is -2.58. The van der Waals surface area contributed by atoms with Crippen molar-refractivity contribution in [3.8, 4) is 6.07 Å². The Kier molecular flexibility index (Phi) is 48.2. The van der Waals surface area contributed by atoms with Gasteiger partial charge in [0, 0.05) is 43.4 Å². The van der Waals surface area contributed by atoms with Crippen molar-refractivity contribution in [3.05, 3.63) is 35.0 Å². The molecular weight excluding hydrogens is 1320 g/mol. The van der Waals surface area contributed by atoms with Crippen molar-refractivity contribution in [2.75, 3.05) is 0 Å². The van der Waals surface area contributed by atoms with Crippen molar-refractivity contribution in [1.29, 1.82) is 5.26 Å². The normalized spacial score (nSPS) is 33.0. The molecule has 14 fully saturated rings. The number of halogens is 2. The highest BCUT2D eigenvalue weighted by Crippen LogP contribution is 2.63. The second-order valence-corrected chi connectivity index (χ2v) is 43.3. The van der Waals surface area contributed by atoms with E-state index >= 15 is 0 Å². The van der Waals surface area contributed by atoms with Crippen molar-refractivity contribution in [1.82, 2.24) is 0 Å². The van der Waals surface area contributed by atoms with Crippen LogP contribution in [-0.2, 0) is 0 Å². The number of hydrogen-bond acceptors (Lipinski definition) is 1. The molecule has 0 saturated heterocycles. The molecule has 0 spiro atoms. The molecule has 4 bridgehead atoms. The molecule has 14 aliphatic carbocycles. The third kappa shape index (κ3) is 36.1. The molecule has 0 N–H and O–H groups in total. The SMILES string of the molecule is C=C(C)CC1CCCCC1C(C)C.CC(C)C12CC3CC(CC(C3)C1)C2.CC(C)C1C(C)CCCC1C.CC(C)C1CC(F)(F)C1.CC(C)C1CC1.CC(C)C1CCC1.CC(C)C1CCCC1.CC(C)C1CCCCC1C#N.CCC1CCCCC1C(C)C.[C-]#[N+]C1CCC1C(C)C.[C-]#[N+]C1CCCC1C(C)C. The minimum absolute atomic E-state index is 0.116. The summed E-state index contributed by atoms with van der Waals surface area (Å²) in [5.41, 5.74) is 2.17. The Morgan fingerprint density at radius 2 is 0.731 bits per heavy atom. The molecule has 630 valence electrons. The lowest BCUT2D eigenvalue weighted by atomic mass is 9.47. The van der Waals surface area contributed by atoms with E-state index in [0.717, 1.165) is 149 Å². The fourth-order valence-electron chi connectivity index (χ4n) is 23.5. The first-order chi connectivity index (χ1) is 50.9. The summed E-state index contributed by atoms with van der Waals surface area (Å²) in [7, 11) is 0. The fraction of sp³-hybridized carbons (Fsp3) is 0.951. The molecule has 12 unspecified atom stereocenters. The van der Waals surface area contributed by atoms with Crippen molar-refractivity contribution in [2.45, 2.75) is 448 Å². The van der Waals surface area contributed by atoms with Gasteiger partial charge in [-0.1, -0.05) is 294 Å². The predicted octanol–water partition coefficient (Wildman–Crippen LogP) is 33.9. The molecule has 5 heteroatoms. The highest BCUT2D eigenvalue weighted by molar-refractivity contribution is 5.03. The molecule has 108 heavy (non-hydrogen) atoms. The van der Waals surface area contributed by atoms with Gasteiger partial charge in [-0.25, -0.2) is 21.9 Å². The fourth-order valence-corrected chi connectivity index (χ4v) is 23.5. The van der Waals surface area contributed by atoms with Crippen LogP contribution in [0.1, 0.15) is 430 Å². The smallest absolute Gasteiger partial charge is 0.248 e. The van der Waals surface area contributed by atoms with Crippen LogP contribution in [-0.4, -0.2) is 18.0 Å². The van der Waals surface area contributed by atoms with Gasteiger partial charge in [-0.05, 0) is 275 Å². The quantitative estimate of drug-likeness (QED) is 0.126. The van der Waals surface area contributed by atoms with E-state index in [1.54, 1.807) is 38.5 Å². The average Bonchev–Trinajstić information content (AvgIpc) is 0.872. The average molecular weight is 1510 g/mol. The van der Waals surface area contributed by atoms with E-state index in [1.807, 2.05) is 13.8 Å². The molecule has 0 heterocycles. The van der Waals surface area contributed by atoms with Crippen LogP contribution in [0.5, 0.6) is 0 Å². The summed E-state index contributed by atoms with van der Waals surface area (Å²) in [6, 6.07) is 3.15. The second kappa shape index (κ2) is 51.9. The Morgan fingerprint density at radius 1 is 0.389 bits per heavy atom. The zero-order valence-corrected chi connectivity index (χ0v) is 77.3. The minimum atomic E-state index is -2.32. The summed E-state index contributed by atoms with van der Waals surface area (Å²) in [5.74, 6) is 23.0. The minimum Gasteiger partial charge on any atom is -0.313 e. The van der Waals surface area contributed by atoms with Crippen LogP contribution < -0.4 is 0 Å². The molecule has 14 saturated carbocycles. The first-order valence-corrected chi connectivity index (χ1v) is 48.0. The number of rotatable bonds is 14. The van der Waals surface area contributed by atoms with E-state index in [0.29, 0.717) is 53.5 Å². The summed E-state index contributed by atoms with van der Waals surface area (Å²) in [4.78, 5) is 7.19. The molecule has 0 aromatic carbocycles. The number of nitriles is 1. The maximum absolute atomic E-state index is 12.1. The van der Waals surface area contributed by atoms with Crippen LogP contribution in [0, 0.1) is 202 Å². The largest absolute Gasteiger partial charge is 0.313 e. The topological polar surface area (TPSA) is 32.5 Å². The molecule has 3 nitrogen and oxygen atoms in total. The zero-order chi connectivity index (χ0) is 81.2. The van der Waals surface area contributed by atoms with Gasteiger partial charge in [0.2, 0.25) is 18.0 Å². The van der Waals surface area contributed by atoms with E-state index in [9.17, 15) is 8.78 Å². The van der Waals surface area contributed by atoms with Crippen LogP contribution in [0.25, 0.3) is 9.69 Å². The Hall–Kier alpha value is -1.93. The predicted molar refractivity (Wildman–Crippen MR) is 472 cm³/mol. The van der Waals surface area contributed by atoms with Crippen molar-refractivity contribution < 1.29 is 8.78 Å². The van der Waals surface area contributed by atoms with Crippen LogP contribution >= 0.6 is 0 Å². The Morgan fingerprint density at radius 3 is 0.991 bits per heavy atom. The molecule has 0 radical (unpaired) electrons. The van der Waals surface area contributed by atoms with Crippen LogP contribution in [0.2, 0.25) is 0 Å². The summed E-state index contributed by atoms with van der Waals surface area (Å²) >= 11 is 0. The number of nitrogens with zero attached hydrogens (tertiary/aromatic N) is 3. The van der Waals surface area contributed by atoms with Crippen molar-refractivity contribution in [2.24, 2.45) is 177 Å². The first kappa shape index (κ1) is 100. The van der Waals surface area contributed by atoms with Gasteiger partial charge in [-0.15, -0.1) is 6.58 Å². The summed E-state index contributed by atoms with van der Waals surface area (Å²) in [6.07, 6.45) is 53.2. The van der Waals surface area contributed by atoms with Crippen molar-refractivity contribution in [3.63, 3.8) is 0 Å². The third-order valence-electron chi connectivity index (χ3n) is 31.3. The van der Waals surface area contributed by atoms with Gasteiger partial charge in [-0.2, -0.15) is 5.26 Å². The summed E-state index contributed by atoms with van der Waals surface area (Å²) in [5, 5.41) is 8.86. The lowest BCUT2D eigenvalue weighted by Crippen LogP contribution is -2.48. The van der Waals surface area contributed by atoms with Gasteiger partial charge in [0.1, 0.15) is 0 Å². The Labute approximate surface area is 676 Å². The van der Waals surface area contributed by atoms with Gasteiger partial charge < -0.3 is 9.69 Å². The first-order valence-electron chi connectivity index (χ1n) is 48.0. The van der Waals surface area contributed by atoms with E-state index < -0.39 is 5.92 Å². The molecule has 14 rings (SSSR count). The Bertz CT molecular complexity index is 2390. The molecular formula is C103H189F2N3. The Balaban J connectivity index is 0.000000310.